The first kappa shape index (κ1) is 11.7. The molecule has 0 spiro atoms. The average molecular weight is 170 g/mol. The van der Waals surface area contributed by atoms with Gasteiger partial charge in [-0.3, -0.25) is 0 Å². The molecule has 0 fully saturated rings. The summed E-state index contributed by atoms with van der Waals surface area (Å²) < 4.78 is 0. The number of aliphatic hydroxyl groups excluding tert-OH is 1. The molecule has 12 heavy (non-hydrogen) atoms. The molecule has 0 rings (SSSR count). The average Bonchev–Trinajstić information content (AvgIpc) is 2.10. The van der Waals surface area contributed by atoms with Crippen LogP contribution in [0.4, 0.5) is 0 Å². The molecule has 0 unspecified atom stereocenters. The van der Waals surface area contributed by atoms with Crippen LogP contribution in [-0.4, -0.2) is 11.2 Å². The Bertz CT molecular complexity index is 110. The molecule has 1 heteroatoms. The fourth-order valence-electron chi connectivity index (χ4n) is 1.20. The third-order valence-corrected chi connectivity index (χ3v) is 2.33. The maximum atomic E-state index is 9.55. The highest BCUT2D eigenvalue weighted by Gasteiger charge is 2.09. The lowest BCUT2D eigenvalue weighted by atomic mass is 9.99. The van der Waals surface area contributed by atoms with Crippen molar-refractivity contribution < 1.29 is 5.11 Å². The van der Waals surface area contributed by atoms with Gasteiger partial charge in [0.15, 0.2) is 0 Å². The van der Waals surface area contributed by atoms with E-state index in [1.54, 1.807) is 0 Å². The molecular weight excluding hydrogens is 148 g/mol. The molecule has 0 aliphatic carbocycles. The first-order valence-corrected chi connectivity index (χ1v) is 5.03. The Kier molecular flexibility index (Phi) is 7.17. The number of hydrogen-bond acceptors (Lipinski definition) is 1. The number of unbranched alkanes of at least 4 members (excludes halogenated alkanes) is 3. The lowest BCUT2D eigenvalue weighted by molar-refractivity contribution is 0.125. The van der Waals surface area contributed by atoms with Crippen molar-refractivity contribution in [1.82, 2.24) is 0 Å². The fourth-order valence-corrected chi connectivity index (χ4v) is 1.20. The van der Waals surface area contributed by atoms with Crippen LogP contribution in [0.2, 0.25) is 0 Å². The Morgan fingerprint density at radius 2 is 2.00 bits per heavy atom. The van der Waals surface area contributed by atoms with Crippen LogP contribution in [0.5, 0.6) is 0 Å². The lowest BCUT2D eigenvalue weighted by Crippen LogP contribution is -2.14. The van der Waals surface area contributed by atoms with Gasteiger partial charge in [-0.05, 0) is 12.3 Å². The molecule has 0 aromatic heterocycles. The van der Waals surface area contributed by atoms with E-state index in [9.17, 15) is 5.11 Å². The van der Waals surface area contributed by atoms with Crippen LogP contribution in [0.25, 0.3) is 0 Å². The molecule has 0 aromatic rings. The summed E-state index contributed by atoms with van der Waals surface area (Å²) in [6, 6.07) is 0. The van der Waals surface area contributed by atoms with Crippen molar-refractivity contribution in [3.63, 3.8) is 0 Å². The Hall–Kier alpha value is -0.300. The molecule has 0 aliphatic rings. The highest BCUT2D eigenvalue weighted by molar-refractivity contribution is 4.80. The van der Waals surface area contributed by atoms with Gasteiger partial charge in [-0.15, -0.1) is 6.58 Å². The minimum Gasteiger partial charge on any atom is -0.393 e. The van der Waals surface area contributed by atoms with Crippen LogP contribution in [0, 0.1) is 5.92 Å². The lowest BCUT2D eigenvalue weighted by Gasteiger charge is -2.14. The van der Waals surface area contributed by atoms with E-state index in [1.165, 1.54) is 19.3 Å². The molecule has 1 N–H and O–H groups in total. The summed E-state index contributed by atoms with van der Waals surface area (Å²) in [7, 11) is 0. The summed E-state index contributed by atoms with van der Waals surface area (Å²) in [4.78, 5) is 0. The normalized spacial score (nSPS) is 15.6. The van der Waals surface area contributed by atoms with Gasteiger partial charge in [0, 0.05) is 0 Å². The second kappa shape index (κ2) is 7.35. The summed E-state index contributed by atoms with van der Waals surface area (Å²) >= 11 is 0. The fraction of sp³-hybridized carbons (Fsp3) is 0.818. The third kappa shape index (κ3) is 5.36. The quantitative estimate of drug-likeness (QED) is 0.459. The molecule has 1 nitrogen and oxygen atoms in total. The van der Waals surface area contributed by atoms with Crippen LogP contribution in [0.1, 0.15) is 46.0 Å². The first-order chi connectivity index (χ1) is 5.72. The second-order valence-corrected chi connectivity index (χ2v) is 3.51. The van der Waals surface area contributed by atoms with Gasteiger partial charge in [0.2, 0.25) is 0 Å². The highest BCUT2D eigenvalue weighted by Crippen LogP contribution is 2.12. The zero-order valence-corrected chi connectivity index (χ0v) is 8.42. The van der Waals surface area contributed by atoms with Crippen molar-refractivity contribution in [1.29, 1.82) is 0 Å². The summed E-state index contributed by atoms with van der Waals surface area (Å²) in [6.45, 7) is 7.87. The van der Waals surface area contributed by atoms with Crippen molar-refractivity contribution in [3.8, 4) is 0 Å². The third-order valence-electron chi connectivity index (χ3n) is 2.33. The zero-order chi connectivity index (χ0) is 9.40. The number of hydrogen-bond donors (Lipinski definition) is 1. The van der Waals surface area contributed by atoms with Gasteiger partial charge >= 0.3 is 0 Å². The van der Waals surface area contributed by atoms with E-state index in [4.69, 9.17) is 0 Å². The molecule has 0 saturated heterocycles. The van der Waals surface area contributed by atoms with E-state index in [0.717, 1.165) is 12.8 Å². The van der Waals surface area contributed by atoms with E-state index >= 15 is 0 Å². The van der Waals surface area contributed by atoms with Gasteiger partial charge in [-0.1, -0.05) is 45.6 Å². The van der Waals surface area contributed by atoms with E-state index in [0.29, 0.717) is 0 Å². The van der Waals surface area contributed by atoms with E-state index in [-0.39, 0.29) is 12.0 Å². The smallest absolute Gasteiger partial charge is 0.0600 e. The van der Waals surface area contributed by atoms with Crippen LogP contribution in [-0.2, 0) is 0 Å². The van der Waals surface area contributed by atoms with E-state index in [1.807, 2.05) is 13.0 Å². The van der Waals surface area contributed by atoms with Gasteiger partial charge in [-0.2, -0.15) is 0 Å². The van der Waals surface area contributed by atoms with Gasteiger partial charge in [0.25, 0.3) is 0 Å². The van der Waals surface area contributed by atoms with Gasteiger partial charge in [0.05, 0.1) is 6.10 Å². The van der Waals surface area contributed by atoms with Crippen molar-refractivity contribution in [2.45, 2.75) is 52.1 Å². The topological polar surface area (TPSA) is 20.2 Å². The molecule has 72 valence electrons. The standard InChI is InChI=1S/C11H22O/c1-4-6-7-8-9-11(12)10(3)5-2/h5,10-12H,2,4,6-9H2,1,3H3/t10-,11+/m0/s1. The monoisotopic (exact) mass is 170 g/mol. The van der Waals surface area contributed by atoms with E-state index in [2.05, 4.69) is 13.5 Å². The molecule has 0 aromatic carbocycles. The summed E-state index contributed by atoms with van der Waals surface area (Å²) in [5.41, 5.74) is 0. The summed E-state index contributed by atoms with van der Waals surface area (Å²) in [6.07, 6.45) is 7.50. The Labute approximate surface area is 76.5 Å². The molecule has 0 saturated carbocycles. The Morgan fingerprint density at radius 3 is 2.50 bits per heavy atom. The van der Waals surface area contributed by atoms with Crippen molar-refractivity contribution in [2.75, 3.05) is 0 Å². The van der Waals surface area contributed by atoms with Crippen molar-refractivity contribution >= 4 is 0 Å². The second-order valence-electron chi connectivity index (χ2n) is 3.51. The summed E-state index contributed by atoms with van der Waals surface area (Å²) in [5, 5.41) is 9.55. The van der Waals surface area contributed by atoms with Crippen LogP contribution in [0.3, 0.4) is 0 Å². The van der Waals surface area contributed by atoms with Gasteiger partial charge in [0.1, 0.15) is 0 Å². The molecule has 0 heterocycles. The van der Waals surface area contributed by atoms with Crippen LogP contribution < -0.4 is 0 Å². The number of aliphatic hydroxyl groups is 1. The molecule has 0 radical (unpaired) electrons. The molecular formula is C11H22O. The van der Waals surface area contributed by atoms with Gasteiger partial charge in [-0.25, -0.2) is 0 Å². The highest BCUT2D eigenvalue weighted by atomic mass is 16.3. The molecule has 0 aliphatic heterocycles. The first-order valence-electron chi connectivity index (χ1n) is 5.03. The Balaban J connectivity index is 3.30. The SMILES string of the molecule is C=C[C@H](C)[C@H](O)CCCCCC. The zero-order valence-electron chi connectivity index (χ0n) is 8.42. The predicted molar refractivity (Wildman–Crippen MR) is 54.1 cm³/mol. The molecule has 0 bridgehead atoms. The maximum absolute atomic E-state index is 9.55. The minimum atomic E-state index is -0.181. The Morgan fingerprint density at radius 1 is 1.33 bits per heavy atom. The number of rotatable bonds is 7. The van der Waals surface area contributed by atoms with E-state index < -0.39 is 0 Å². The summed E-state index contributed by atoms with van der Waals surface area (Å²) in [5.74, 6) is 0.242. The van der Waals surface area contributed by atoms with Crippen LogP contribution >= 0.6 is 0 Å². The van der Waals surface area contributed by atoms with Gasteiger partial charge < -0.3 is 5.11 Å². The minimum absolute atomic E-state index is 0.181. The van der Waals surface area contributed by atoms with Crippen molar-refractivity contribution in [2.24, 2.45) is 5.92 Å². The largest absolute Gasteiger partial charge is 0.393 e. The predicted octanol–water partition coefficient (Wildman–Crippen LogP) is 3.14. The maximum Gasteiger partial charge on any atom is 0.0600 e. The van der Waals surface area contributed by atoms with Crippen LogP contribution in [0.15, 0.2) is 12.7 Å². The van der Waals surface area contributed by atoms with Crippen molar-refractivity contribution in [3.05, 3.63) is 12.7 Å². The molecule has 0 amide bonds. The molecule has 2 atom stereocenters.